The molecular weight excluding hydrogens is 609 g/mol. The molecule has 232 valence electrons. The monoisotopic (exact) mass is 640 g/mol. The molecule has 2 N–H and O–H groups in total. The van der Waals surface area contributed by atoms with E-state index in [0.717, 1.165) is 6.92 Å². The van der Waals surface area contributed by atoms with Crippen LogP contribution in [-0.2, 0) is 32.4 Å². The van der Waals surface area contributed by atoms with Crippen LogP contribution in [0.2, 0.25) is 0 Å². The number of aliphatic carboxylic acids is 1. The van der Waals surface area contributed by atoms with E-state index in [9.17, 15) is 31.5 Å². The number of nitrogens with one attached hydrogen (secondary N) is 1. The second-order valence-electron chi connectivity index (χ2n) is 11.3. The Morgan fingerprint density at radius 1 is 1.07 bits per heavy atom. The van der Waals surface area contributed by atoms with E-state index in [1.54, 1.807) is 43.9 Å². The number of hydrogen-bond acceptors (Lipinski definition) is 9. The lowest BCUT2D eigenvalue weighted by Crippen LogP contribution is -2.43. The highest BCUT2D eigenvalue weighted by Gasteiger charge is 2.39. The van der Waals surface area contributed by atoms with Crippen LogP contribution in [0.4, 0.5) is 13.2 Å². The van der Waals surface area contributed by atoms with Crippen molar-refractivity contribution < 1.29 is 40.6 Å². The summed E-state index contributed by atoms with van der Waals surface area (Å²) in [6, 6.07) is 7.02. The summed E-state index contributed by atoms with van der Waals surface area (Å²) in [6.07, 6.45) is -4.43. The van der Waals surface area contributed by atoms with Gasteiger partial charge in [0, 0.05) is 30.9 Å². The Balaban J connectivity index is 1.84. The first-order chi connectivity index (χ1) is 19.8. The van der Waals surface area contributed by atoms with Gasteiger partial charge in [0.15, 0.2) is 5.01 Å². The Hall–Kier alpha value is -3.40. The van der Waals surface area contributed by atoms with Crippen LogP contribution in [0, 0.1) is 5.41 Å². The fraction of sp³-hybridized carbons (Fsp3) is 0.429. The number of ether oxygens (including phenoxy) is 1. The number of carbonyl (C=O) groups is 1. The van der Waals surface area contributed by atoms with Gasteiger partial charge in [-0.15, -0.1) is 21.5 Å². The molecular formula is C28H31F3N4O6S2. The maximum absolute atomic E-state index is 13.2. The molecule has 0 aliphatic carbocycles. The molecule has 0 aliphatic heterocycles. The Kier molecular flexibility index (Phi) is 8.77. The second-order valence-corrected chi connectivity index (χ2v) is 14.0. The van der Waals surface area contributed by atoms with Gasteiger partial charge in [-0.25, -0.2) is 13.4 Å². The van der Waals surface area contributed by atoms with Crippen LogP contribution in [0.25, 0.3) is 32.1 Å². The standard InChI is InChI=1S/C28H31F3N4O6S2/c1-15(28(29,30)31)35-43(38,39)20-12-11-18(16-9-7-8-10-17(16)20)22-19(13-27(4,5)40-6)32-24(42-22)23-34-33-21(41-23)14-26(2,3)25(36)37/h7-12,15,35H,13-14H2,1-6H3,(H,36,37)/t15-/m0/s1. The number of hydrogen-bond donors (Lipinski definition) is 2. The molecule has 43 heavy (non-hydrogen) atoms. The number of methoxy groups -OCH3 is 1. The van der Waals surface area contributed by atoms with Crippen LogP contribution in [0.1, 0.15) is 46.2 Å². The molecule has 0 spiro atoms. The summed E-state index contributed by atoms with van der Waals surface area (Å²) in [5.41, 5.74) is -0.612. The van der Waals surface area contributed by atoms with Crippen molar-refractivity contribution in [3.05, 3.63) is 48.0 Å². The second kappa shape index (κ2) is 11.6. The lowest BCUT2D eigenvalue weighted by molar-refractivity contribution is -0.147. The number of alkyl halides is 3. The highest BCUT2D eigenvalue weighted by Crippen LogP contribution is 2.41. The maximum Gasteiger partial charge on any atom is 0.404 e. The van der Waals surface area contributed by atoms with Crippen molar-refractivity contribution in [2.75, 3.05) is 7.11 Å². The van der Waals surface area contributed by atoms with Gasteiger partial charge >= 0.3 is 12.1 Å². The summed E-state index contributed by atoms with van der Waals surface area (Å²) >= 11 is 1.20. The number of sulfonamides is 1. The first kappa shape index (κ1) is 32.5. The van der Waals surface area contributed by atoms with Crippen molar-refractivity contribution in [1.82, 2.24) is 19.9 Å². The molecule has 2 heterocycles. The molecule has 0 amide bonds. The summed E-state index contributed by atoms with van der Waals surface area (Å²) in [5.74, 6) is -0.815. The Labute approximate surface area is 250 Å². The van der Waals surface area contributed by atoms with Crippen LogP contribution < -0.4 is 4.72 Å². The van der Waals surface area contributed by atoms with Crippen molar-refractivity contribution >= 4 is 38.1 Å². The summed E-state index contributed by atoms with van der Waals surface area (Å²) in [7, 11) is -2.98. The normalized spacial score (nSPS) is 13.9. The highest BCUT2D eigenvalue weighted by molar-refractivity contribution is 7.89. The number of benzene rings is 2. The molecule has 0 radical (unpaired) electrons. The van der Waals surface area contributed by atoms with E-state index in [0.29, 0.717) is 32.9 Å². The fourth-order valence-corrected chi connectivity index (χ4v) is 6.66. The number of carboxylic acid groups (broad SMARTS) is 1. The molecule has 2 aromatic heterocycles. The third-order valence-corrected chi connectivity index (χ3v) is 9.62. The average molecular weight is 641 g/mol. The van der Waals surface area contributed by atoms with Crippen LogP contribution in [0.5, 0.6) is 0 Å². The van der Waals surface area contributed by atoms with E-state index < -0.39 is 39.2 Å². The molecule has 1 atom stereocenters. The van der Waals surface area contributed by atoms with Gasteiger partial charge < -0.3 is 14.3 Å². The number of aromatic nitrogens is 3. The molecule has 0 saturated carbocycles. The molecule has 4 aromatic rings. The first-order valence-corrected chi connectivity index (χ1v) is 15.4. The van der Waals surface area contributed by atoms with Gasteiger partial charge in [0.05, 0.1) is 26.5 Å². The van der Waals surface area contributed by atoms with E-state index in [4.69, 9.17) is 14.1 Å². The van der Waals surface area contributed by atoms with Crippen LogP contribution in [-0.4, -0.2) is 59.6 Å². The van der Waals surface area contributed by atoms with E-state index in [-0.39, 0.29) is 28.5 Å². The SMILES string of the molecule is COC(C)(C)Cc1nc(-c2nnc(CC(C)(C)C(=O)O)o2)sc1-c1ccc(S(=O)(=O)N[C@@H](C)C(F)(F)F)c2ccccc12. The molecule has 0 aliphatic rings. The van der Waals surface area contributed by atoms with Gasteiger partial charge in [-0.05, 0) is 46.1 Å². The molecule has 0 saturated heterocycles. The van der Waals surface area contributed by atoms with E-state index in [2.05, 4.69) is 10.2 Å². The van der Waals surface area contributed by atoms with Gasteiger partial charge in [0.2, 0.25) is 15.9 Å². The predicted octanol–water partition coefficient (Wildman–Crippen LogP) is 5.86. The quantitative estimate of drug-likeness (QED) is 0.206. The van der Waals surface area contributed by atoms with Crippen LogP contribution >= 0.6 is 11.3 Å². The van der Waals surface area contributed by atoms with Gasteiger partial charge in [0.1, 0.15) is 6.04 Å². The average Bonchev–Trinajstić information content (AvgIpc) is 3.53. The van der Waals surface area contributed by atoms with Crippen molar-refractivity contribution in [3.8, 4) is 21.3 Å². The zero-order valence-electron chi connectivity index (χ0n) is 24.2. The largest absolute Gasteiger partial charge is 0.481 e. The van der Waals surface area contributed by atoms with Gasteiger partial charge in [-0.1, -0.05) is 30.3 Å². The number of nitrogens with zero attached hydrogens (tertiary/aromatic N) is 3. The Morgan fingerprint density at radius 3 is 2.33 bits per heavy atom. The summed E-state index contributed by atoms with van der Waals surface area (Å²) in [6.45, 7) is 7.56. The van der Waals surface area contributed by atoms with E-state index in [1.165, 1.54) is 29.5 Å². The lowest BCUT2D eigenvalue weighted by Gasteiger charge is -2.22. The number of rotatable bonds is 11. The molecule has 0 unspecified atom stereocenters. The maximum atomic E-state index is 13.2. The van der Waals surface area contributed by atoms with Crippen LogP contribution in [0.15, 0.2) is 45.7 Å². The summed E-state index contributed by atoms with van der Waals surface area (Å²) in [5, 5.41) is 18.6. The zero-order chi connectivity index (χ0) is 32.0. The topological polar surface area (TPSA) is 145 Å². The van der Waals surface area contributed by atoms with Gasteiger partial charge in [-0.3, -0.25) is 4.79 Å². The summed E-state index contributed by atoms with van der Waals surface area (Å²) < 4.78 is 78.8. The molecule has 10 nitrogen and oxygen atoms in total. The summed E-state index contributed by atoms with van der Waals surface area (Å²) in [4.78, 5) is 16.6. The van der Waals surface area contributed by atoms with Crippen molar-refractivity contribution in [2.45, 2.75) is 70.2 Å². The molecule has 15 heteroatoms. The van der Waals surface area contributed by atoms with Crippen molar-refractivity contribution in [2.24, 2.45) is 5.41 Å². The third-order valence-electron chi connectivity index (χ3n) is 6.91. The van der Waals surface area contributed by atoms with E-state index >= 15 is 0 Å². The molecule has 0 bridgehead atoms. The smallest absolute Gasteiger partial charge is 0.404 e. The molecule has 4 rings (SSSR count). The number of fused-ring (bicyclic) bond motifs is 1. The van der Waals surface area contributed by atoms with Crippen molar-refractivity contribution in [3.63, 3.8) is 0 Å². The predicted molar refractivity (Wildman–Crippen MR) is 154 cm³/mol. The minimum absolute atomic E-state index is 0.00130. The van der Waals surface area contributed by atoms with Gasteiger partial charge in [-0.2, -0.15) is 17.9 Å². The molecule has 0 fully saturated rings. The third kappa shape index (κ3) is 7.06. The fourth-order valence-electron chi connectivity index (χ4n) is 4.18. The first-order valence-electron chi connectivity index (χ1n) is 13.1. The lowest BCUT2D eigenvalue weighted by atomic mass is 9.90. The Bertz CT molecular complexity index is 1760. The molecule has 2 aromatic carbocycles. The zero-order valence-corrected chi connectivity index (χ0v) is 25.9. The Morgan fingerprint density at radius 2 is 1.72 bits per heavy atom. The minimum Gasteiger partial charge on any atom is -0.481 e. The van der Waals surface area contributed by atoms with Crippen LogP contribution in [0.3, 0.4) is 0 Å². The minimum atomic E-state index is -4.76. The number of thiazole rings is 1. The van der Waals surface area contributed by atoms with E-state index in [1.807, 2.05) is 13.8 Å². The van der Waals surface area contributed by atoms with Crippen molar-refractivity contribution in [1.29, 1.82) is 0 Å². The van der Waals surface area contributed by atoms with Gasteiger partial charge in [0.25, 0.3) is 5.89 Å². The number of carboxylic acids is 1. The highest BCUT2D eigenvalue weighted by atomic mass is 32.2. The number of halogens is 3.